The number of nitrogens with zero attached hydrogens (tertiary/aromatic N) is 1. The van der Waals surface area contributed by atoms with Gasteiger partial charge < -0.3 is 9.64 Å². The molecule has 0 heterocycles. The summed E-state index contributed by atoms with van der Waals surface area (Å²) in [5, 5.41) is 0. The lowest BCUT2D eigenvalue weighted by Crippen LogP contribution is -2.31. The van der Waals surface area contributed by atoms with Gasteiger partial charge in [-0.25, -0.2) is 0 Å². The quantitative estimate of drug-likeness (QED) is 0.815. The number of likely N-dealkylation sites (N-methyl/N-ethyl adjacent to an activating group) is 1. The van der Waals surface area contributed by atoms with Crippen molar-refractivity contribution in [2.24, 2.45) is 0 Å². The highest BCUT2D eigenvalue weighted by Gasteiger charge is 2.11. The van der Waals surface area contributed by atoms with Crippen LogP contribution < -0.4 is 4.74 Å². The van der Waals surface area contributed by atoms with Crippen molar-refractivity contribution in [3.05, 3.63) is 65.2 Å². The second kappa shape index (κ2) is 7.64. The topological polar surface area (TPSA) is 29.5 Å². The summed E-state index contributed by atoms with van der Waals surface area (Å²) in [6, 6.07) is 16.1. The predicted molar refractivity (Wildman–Crippen MR) is 89.0 cm³/mol. The molecule has 0 aliphatic heterocycles. The van der Waals surface area contributed by atoms with E-state index in [0.29, 0.717) is 6.54 Å². The number of carbonyl (C=O) groups is 1. The molecule has 0 atom stereocenters. The molecular weight excluding hydrogens is 274 g/mol. The number of hydrogen-bond acceptors (Lipinski definition) is 2. The van der Waals surface area contributed by atoms with Gasteiger partial charge in [0.25, 0.3) is 5.91 Å². The molecular formula is C19H23NO2. The van der Waals surface area contributed by atoms with Crippen LogP contribution in [-0.4, -0.2) is 24.5 Å². The minimum Gasteiger partial charge on any atom is -0.483 e. The van der Waals surface area contributed by atoms with E-state index in [9.17, 15) is 4.79 Å². The maximum absolute atomic E-state index is 12.2. The second-order valence-electron chi connectivity index (χ2n) is 5.49. The molecule has 3 heteroatoms. The van der Waals surface area contributed by atoms with Crippen LogP contribution in [0.2, 0.25) is 0 Å². The average molecular weight is 297 g/mol. The van der Waals surface area contributed by atoms with Crippen LogP contribution in [0.5, 0.6) is 5.75 Å². The first kappa shape index (κ1) is 16.1. The molecule has 2 aromatic rings. The van der Waals surface area contributed by atoms with E-state index in [1.54, 1.807) is 11.9 Å². The van der Waals surface area contributed by atoms with Gasteiger partial charge in [-0.3, -0.25) is 4.79 Å². The highest BCUT2D eigenvalue weighted by molar-refractivity contribution is 5.77. The van der Waals surface area contributed by atoms with Crippen LogP contribution in [-0.2, 0) is 17.8 Å². The van der Waals surface area contributed by atoms with Gasteiger partial charge in [0.05, 0.1) is 0 Å². The summed E-state index contributed by atoms with van der Waals surface area (Å²) in [4.78, 5) is 13.9. The average Bonchev–Trinajstić information content (AvgIpc) is 2.54. The smallest absolute Gasteiger partial charge is 0.260 e. The minimum absolute atomic E-state index is 0.0218. The first-order valence-corrected chi connectivity index (χ1v) is 7.60. The monoisotopic (exact) mass is 297 g/mol. The molecule has 0 spiro atoms. The van der Waals surface area contributed by atoms with Gasteiger partial charge in [-0.1, -0.05) is 55.0 Å². The van der Waals surface area contributed by atoms with E-state index in [-0.39, 0.29) is 12.5 Å². The van der Waals surface area contributed by atoms with Gasteiger partial charge in [0.2, 0.25) is 0 Å². The molecule has 2 aromatic carbocycles. The maximum atomic E-state index is 12.2. The van der Waals surface area contributed by atoms with Crippen molar-refractivity contribution in [3.8, 4) is 5.75 Å². The van der Waals surface area contributed by atoms with E-state index in [1.807, 2.05) is 36.4 Å². The van der Waals surface area contributed by atoms with Gasteiger partial charge in [0.1, 0.15) is 5.75 Å². The van der Waals surface area contributed by atoms with E-state index >= 15 is 0 Å². The third kappa shape index (κ3) is 4.35. The fraction of sp³-hybridized carbons (Fsp3) is 0.316. The van der Waals surface area contributed by atoms with Gasteiger partial charge >= 0.3 is 0 Å². The Morgan fingerprint density at radius 1 is 1.09 bits per heavy atom. The van der Waals surface area contributed by atoms with E-state index < -0.39 is 0 Å². The van der Waals surface area contributed by atoms with Gasteiger partial charge in [-0.15, -0.1) is 0 Å². The molecule has 3 nitrogen and oxygen atoms in total. The molecule has 0 radical (unpaired) electrons. The van der Waals surface area contributed by atoms with Crippen molar-refractivity contribution in [2.75, 3.05) is 13.7 Å². The van der Waals surface area contributed by atoms with Gasteiger partial charge in [0, 0.05) is 13.6 Å². The van der Waals surface area contributed by atoms with Gasteiger partial charge in [0.15, 0.2) is 6.61 Å². The molecule has 0 aliphatic carbocycles. The van der Waals surface area contributed by atoms with Crippen LogP contribution in [0.25, 0.3) is 0 Å². The standard InChI is InChI=1S/C19H23NO2/c1-4-17-7-5-6-8-18(17)22-14-19(21)20(3)13-16-11-9-15(2)10-12-16/h5-12H,4,13-14H2,1-3H3. The Morgan fingerprint density at radius 3 is 2.45 bits per heavy atom. The molecule has 0 unspecified atom stereocenters. The maximum Gasteiger partial charge on any atom is 0.260 e. The zero-order valence-corrected chi connectivity index (χ0v) is 13.5. The van der Waals surface area contributed by atoms with Crippen molar-refractivity contribution in [1.29, 1.82) is 0 Å². The van der Waals surface area contributed by atoms with Crippen molar-refractivity contribution >= 4 is 5.91 Å². The SMILES string of the molecule is CCc1ccccc1OCC(=O)N(C)Cc1ccc(C)cc1. The van der Waals surface area contributed by atoms with Crippen LogP contribution in [0.1, 0.15) is 23.6 Å². The van der Waals surface area contributed by atoms with Crippen molar-refractivity contribution < 1.29 is 9.53 Å². The van der Waals surface area contributed by atoms with Gasteiger partial charge in [-0.05, 0) is 30.5 Å². The molecule has 2 rings (SSSR count). The summed E-state index contributed by atoms with van der Waals surface area (Å²) in [7, 11) is 1.80. The first-order valence-electron chi connectivity index (χ1n) is 7.60. The lowest BCUT2D eigenvalue weighted by atomic mass is 10.1. The third-order valence-corrected chi connectivity index (χ3v) is 3.67. The summed E-state index contributed by atoms with van der Waals surface area (Å²) in [5.74, 6) is 0.772. The molecule has 0 bridgehead atoms. The lowest BCUT2D eigenvalue weighted by molar-refractivity contribution is -0.132. The van der Waals surface area contributed by atoms with Crippen LogP contribution in [0.4, 0.5) is 0 Å². The Kier molecular flexibility index (Phi) is 5.59. The van der Waals surface area contributed by atoms with E-state index in [2.05, 4.69) is 26.0 Å². The van der Waals surface area contributed by atoms with E-state index in [1.165, 1.54) is 5.56 Å². The van der Waals surface area contributed by atoms with E-state index in [0.717, 1.165) is 23.3 Å². The first-order chi connectivity index (χ1) is 10.6. The number of carbonyl (C=O) groups excluding carboxylic acids is 1. The number of ether oxygens (including phenoxy) is 1. The fourth-order valence-corrected chi connectivity index (χ4v) is 2.24. The van der Waals surface area contributed by atoms with Gasteiger partial charge in [-0.2, -0.15) is 0 Å². The minimum atomic E-state index is -0.0218. The Labute approximate surface area is 132 Å². The molecule has 116 valence electrons. The number of para-hydroxylation sites is 1. The summed E-state index contributed by atoms with van der Waals surface area (Å²) in [6.07, 6.45) is 0.892. The molecule has 0 saturated heterocycles. The molecule has 0 saturated carbocycles. The third-order valence-electron chi connectivity index (χ3n) is 3.67. The highest BCUT2D eigenvalue weighted by atomic mass is 16.5. The predicted octanol–water partition coefficient (Wildman–Crippen LogP) is 3.59. The second-order valence-corrected chi connectivity index (χ2v) is 5.49. The molecule has 0 aromatic heterocycles. The molecule has 0 aliphatic rings. The fourth-order valence-electron chi connectivity index (χ4n) is 2.24. The molecule has 0 fully saturated rings. The zero-order chi connectivity index (χ0) is 15.9. The number of benzene rings is 2. The molecule has 22 heavy (non-hydrogen) atoms. The van der Waals surface area contributed by atoms with Crippen LogP contribution in [0.3, 0.4) is 0 Å². The number of aryl methyl sites for hydroxylation is 2. The molecule has 0 N–H and O–H groups in total. The summed E-state index contributed by atoms with van der Waals surface area (Å²) in [6.45, 7) is 4.79. The van der Waals surface area contributed by atoms with Crippen LogP contribution in [0.15, 0.2) is 48.5 Å². The van der Waals surface area contributed by atoms with Crippen molar-refractivity contribution in [1.82, 2.24) is 4.90 Å². The number of amides is 1. The number of hydrogen-bond donors (Lipinski definition) is 0. The Bertz CT molecular complexity index is 620. The summed E-state index contributed by atoms with van der Waals surface area (Å²) < 4.78 is 5.68. The largest absolute Gasteiger partial charge is 0.483 e. The van der Waals surface area contributed by atoms with Crippen molar-refractivity contribution in [3.63, 3.8) is 0 Å². The highest BCUT2D eigenvalue weighted by Crippen LogP contribution is 2.18. The van der Waals surface area contributed by atoms with E-state index in [4.69, 9.17) is 4.74 Å². The lowest BCUT2D eigenvalue weighted by Gasteiger charge is -2.18. The summed E-state index contributed by atoms with van der Waals surface area (Å²) >= 11 is 0. The summed E-state index contributed by atoms with van der Waals surface area (Å²) in [5.41, 5.74) is 3.46. The Morgan fingerprint density at radius 2 is 1.77 bits per heavy atom. The van der Waals surface area contributed by atoms with Crippen molar-refractivity contribution in [2.45, 2.75) is 26.8 Å². The normalized spacial score (nSPS) is 10.3. The Balaban J connectivity index is 1.90. The zero-order valence-electron chi connectivity index (χ0n) is 13.5. The number of rotatable bonds is 6. The van der Waals surface area contributed by atoms with Crippen LogP contribution in [0, 0.1) is 6.92 Å². The molecule has 1 amide bonds. The van der Waals surface area contributed by atoms with Crippen LogP contribution >= 0.6 is 0 Å². The Hall–Kier alpha value is -2.29.